The van der Waals surface area contributed by atoms with Crippen LogP contribution in [0.15, 0.2) is 4.52 Å². The van der Waals surface area contributed by atoms with E-state index in [1.165, 1.54) is 0 Å². The molecule has 0 unspecified atom stereocenters. The number of aromatic nitrogens is 2. The lowest BCUT2D eigenvalue weighted by atomic mass is 10.4. The van der Waals surface area contributed by atoms with Crippen molar-refractivity contribution in [3.05, 3.63) is 5.89 Å². The Balaban J connectivity index is 1.84. The van der Waals surface area contributed by atoms with E-state index in [1.807, 2.05) is 4.90 Å². The zero-order valence-corrected chi connectivity index (χ0v) is 8.76. The van der Waals surface area contributed by atoms with Crippen molar-refractivity contribution in [2.75, 3.05) is 24.6 Å². The van der Waals surface area contributed by atoms with E-state index in [0.29, 0.717) is 11.8 Å². The summed E-state index contributed by atoms with van der Waals surface area (Å²) in [6.07, 6.45) is 2.28. The Bertz CT molecular complexity index is 359. The molecule has 1 aromatic rings. The molecular formula is C9H13N3O4. The van der Waals surface area contributed by atoms with Gasteiger partial charge in [-0.1, -0.05) is 0 Å². The number of ether oxygens (including phenoxy) is 1. The molecule has 1 aliphatic heterocycles. The molecule has 0 amide bonds. The number of carbonyl (C=O) groups is 1. The van der Waals surface area contributed by atoms with E-state index in [4.69, 9.17) is 14.4 Å². The highest BCUT2D eigenvalue weighted by Gasteiger charge is 2.17. The first-order valence-electron chi connectivity index (χ1n) is 5.13. The van der Waals surface area contributed by atoms with E-state index in [-0.39, 0.29) is 13.2 Å². The first-order chi connectivity index (χ1) is 7.75. The molecule has 2 heterocycles. The first kappa shape index (κ1) is 10.9. The van der Waals surface area contributed by atoms with Crippen LogP contribution in [0.4, 0.5) is 5.95 Å². The third kappa shape index (κ3) is 2.69. The van der Waals surface area contributed by atoms with Crippen molar-refractivity contribution in [1.29, 1.82) is 0 Å². The maximum atomic E-state index is 10.2. The molecule has 0 radical (unpaired) electrons. The van der Waals surface area contributed by atoms with Gasteiger partial charge in [-0.05, 0) is 18.0 Å². The van der Waals surface area contributed by atoms with Crippen LogP contribution in [0.2, 0.25) is 0 Å². The summed E-state index contributed by atoms with van der Waals surface area (Å²) < 4.78 is 9.78. The van der Waals surface area contributed by atoms with Crippen LogP contribution in [0.1, 0.15) is 18.7 Å². The summed E-state index contributed by atoms with van der Waals surface area (Å²) in [5.74, 6) is -0.145. The highest BCUT2D eigenvalue weighted by atomic mass is 16.5. The zero-order valence-electron chi connectivity index (χ0n) is 8.76. The fraction of sp³-hybridized carbons (Fsp3) is 0.667. The van der Waals surface area contributed by atoms with Gasteiger partial charge in [0, 0.05) is 13.1 Å². The summed E-state index contributed by atoms with van der Waals surface area (Å²) in [6, 6.07) is 0. The number of rotatable bonds is 5. The van der Waals surface area contributed by atoms with Crippen LogP contribution < -0.4 is 4.90 Å². The minimum atomic E-state index is -1.01. The van der Waals surface area contributed by atoms with Gasteiger partial charge >= 0.3 is 5.97 Å². The number of nitrogens with zero attached hydrogens (tertiary/aromatic N) is 3. The Hall–Kier alpha value is -1.63. The zero-order chi connectivity index (χ0) is 11.4. The molecule has 1 fully saturated rings. The average Bonchev–Trinajstić information content (AvgIpc) is 2.85. The van der Waals surface area contributed by atoms with Crippen LogP contribution in [0.25, 0.3) is 0 Å². The Kier molecular flexibility index (Phi) is 3.35. The Morgan fingerprint density at radius 3 is 2.94 bits per heavy atom. The molecule has 0 aliphatic carbocycles. The molecule has 88 valence electrons. The molecule has 1 aromatic heterocycles. The number of hydrogen-bond acceptors (Lipinski definition) is 6. The van der Waals surface area contributed by atoms with Crippen molar-refractivity contribution in [2.24, 2.45) is 0 Å². The summed E-state index contributed by atoms with van der Waals surface area (Å²) in [4.78, 5) is 16.4. The Morgan fingerprint density at radius 1 is 1.50 bits per heavy atom. The molecule has 7 heteroatoms. The standard InChI is InChI=1S/C9H13N3O4/c13-8(14)6-15-5-7-10-9(11-16-7)12-3-1-2-4-12/h1-6H2,(H,13,14). The monoisotopic (exact) mass is 227 g/mol. The lowest BCUT2D eigenvalue weighted by Crippen LogP contribution is -2.18. The largest absolute Gasteiger partial charge is 0.480 e. The smallest absolute Gasteiger partial charge is 0.329 e. The summed E-state index contributed by atoms with van der Waals surface area (Å²) in [5.41, 5.74) is 0. The maximum Gasteiger partial charge on any atom is 0.329 e. The van der Waals surface area contributed by atoms with E-state index in [9.17, 15) is 4.79 Å². The van der Waals surface area contributed by atoms with Gasteiger partial charge in [0.15, 0.2) is 0 Å². The maximum absolute atomic E-state index is 10.2. The quantitative estimate of drug-likeness (QED) is 0.772. The topological polar surface area (TPSA) is 88.7 Å². The van der Waals surface area contributed by atoms with Crippen LogP contribution >= 0.6 is 0 Å². The molecule has 0 atom stereocenters. The highest BCUT2D eigenvalue weighted by Crippen LogP contribution is 2.16. The van der Waals surface area contributed by atoms with Gasteiger partial charge < -0.3 is 19.3 Å². The van der Waals surface area contributed by atoms with Crippen molar-refractivity contribution in [1.82, 2.24) is 10.1 Å². The van der Waals surface area contributed by atoms with Crippen molar-refractivity contribution < 1.29 is 19.2 Å². The van der Waals surface area contributed by atoms with E-state index >= 15 is 0 Å². The van der Waals surface area contributed by atoms with Crippen LogP contribution in [-0.4, -0.2) is 40.9 Å². The Morgan fingerprint density at radius 2 is 2.25 bits per heavy atom. The Labute approximate surface area is 92.0 Å². The lowest BCUT2D eigenvalue weighted by molar-refractivity contribution is -0.142. The number of anilines is 1. The minimum Gasteiger partial charge on any atom is -0.480 e. The second-order valence-corrected chi connectivity index (χ2v) is 3.57. The molecule has 2 rings (SSSR count). The first-order valence-corrected chi connectivity index (χ1v) is 5.13. The fourth-order valence-electron chi connectivity index (χ4n) is 1.58. The van der Waals surface area contributed by atoms with Gasteiger partial charge in [0.25, 0.3) is 11.8 Å². The third-order valence-corrected chi connectivity index (χ3v) is 2.30. The second-order valence-electron chi connectivity index (χ2n) is 3.57. The third-order valence-electron chi connectivity index (χ3n) is 2.30. The molecule has 1 saturated heterocycles. The predicted molar refractivity (Wildman–Crippen MR) is 53.0 cm³/mol. The van der Waals surface area contributed by atoms with Gasteiger partial charge in [0.2, 0.25) is 0 Å². The van der Waals surface area contributed by atoms with Crippen molar-refractivity contribution in [3.8, 4) is 0 Å². The fourth-order valence-corrected chi connectivity index (χ4v) is 1.58. The van der Waals surface area contributed by atoms with E-state index in [0.717, 1.165) is 25.9 Å². The van der Waals surface area contributed by atoms with Gasteiger partial charge in [-0.25, -0.2) is 4.79 Å². The molecule has 1 aliphatic rings. The summed E-state index contributed by atoms with van der Waals surface area (Å²) in [6.45, 7) is 1.55. The van der Waals surface area contributed by atoms with Gasteiger partial charge in [0.05, 0.1) is 0 Å². The number of aliphatic carboxylic acids is 1. The molecule has 7 nitrogen and oxygen atoms in total. The van der Waals surface area contributed by atoms with Crippen molar-refractivity contribution >= 4 is 11.9 Å². The van der Waals surface area contributed by atoms with Crippen LogP contribution in [0.5, 0.6) is 0 Å². The highest BCUT2D eigenvalue weighted by molar-refractivity contribution is 5.67. The van der Waals surface area contributed by atoms with E-state index < -0.39 is 5.97 Å². The molecule has 0 saturated carbocycles. The molecule has 1 N–H and O–H groups in total. The predicted octanol–water partition coefficient (Wildman–Crippen LogP) is 0.271. The summed E-state index contributed by atoms with van der Waals surface area (Å²) >= 11 is 0. The summed E-state index contributed by atoms with van der Waals surface area (Å²) in [7, 11) is 0. The van der Waals surface area contributed by atoms with E-state index in [1.54, 1.807) is 0 Å². The van der Waals surface area contributed by atoms with Gasteiger partial charge in [-0.3, -0.25) is 0 Å². The second kappa shape index (κ2) is 4.93. The van der Waals surface area contributed by atoms with Crippen LogP contribution in [-0.2, 0) is 16.1 Å². The van der Waals surface area contributed by atoms with E-state index in [2.05, 4.69) is 10.1 Å². The van der Waals surface area contributed by atoms with Crippen molar-refractivity contribution in [3.63, 3.8) is 0 Å². The molecule has 0 bridgehead atoms. The number of hydrogen-bond donors (Lipinski definition) is 1. The summed E-state index contributed by atoms with van der Waals surface area (Å²) in [5, 5.41) is 12.2. The normalized spacial score (nSPS) is 15.6. The average molecular weight is 227 g/mol. The minimum absolute atomic E-state index is 0.0349. The SMILES string of the molecule is O=C(O)COCc1nc(N2CCCC2)no1. The van der Waals surface area contributed by atoms with Crippen molar-refractivity contribution in [2.45, 2.75) is 19.4 Å². The van der Waals surface area contributed by atoms with Crippen LogP contribution in [0.3, 0.4) is 0 Å². The number of carboxylic acids is 1. The number of carboxylic acid groups (broad SMARTS) is 1. The van der Waals surface area contributed by atoms with Gasteiger partial charge in [-0.15, -0.1) is 0 Å². The van der Waals surface area contributed by atoms with Crippen LogP contribution in [0, 0.1) is 0 Å². The lowest BCUT2D eigenvalue weighted by Gasteiger charge is -2.09. The van der Waals surface area contributed by atoms with Gasteiger partial charge in [-0.2, -0.15) is 4.98 Å². The molecule has 16 heavy (non-hydrogen) atoms. The molecular weight excluding hydrogens is 214 g/mol. The molecule has 0 aromatic carbocycles. The van der Waals surface area contributed by atoms with Gasteiger partial charge in [0.1, 0.15) is 13.2 Å². The molecule has 0 spiro atoms.